The summed E-state index contributed by atoms with van der Waals surface area (Å²) in [7, 11) is 0. The maximum atomic E-state index is 12.2. The summed E-state index contributed by atoms with van der Waals surface area (Å²) in [6.07, 6.45) is 5.05. The maximum absolute atomic E-state index is 12.2. The highest BCUT2D eigenvalue weighted by Crippen LogP contribution is 2.34. The van der Waals surface area contributed by atoms with E-state index in [0.717, 1.165) is 19.4 Å². The summed E-state index contributed by atoms with van der Waals surface area (Å²) in [4.78, 5) is 25.4. The topological polar surface area (TPSA) is 78.9 Å². The molecule has 2 amide bonds. The minimum absolute atomic E-state index is 0.279. The lowest BCUT2D eigenvalue weighted by Gasteiger charge is -2.34. The van der Waals surface area contributed by atoms with Crippen LogP contribution in [-0.2, 0) is 9.53 Å². The summed E-state index contributed by atoms with van der Waals surface area (Å²) < 4.78 is 5.47. The Balaban J connectivity index is 1.79. The maximum Gasteiger partial charge on any atom is 0.329 e. The third-order valence-corrected chi connectivity index (χ3v) is 4.37. The Bertz CT molecular complexity index is 384. The number of amides is 2. The number of rotatable bonds is 8. The fraction of sp³-hybridized carbons (Fsp3) is 0.867. The molecule has 1 aliphatic carbocycles. The van der Waals surface area contributed by atoms with Crippen molar-refractivity contribution in [2.75, 3.05) is 26.3 Å². The van der Waals surface area contributed by atoms with Gasteiger partial charge in [0, 0.05) is 19.7 Å². The monoisotopic (exact) mass is 298 g/mol. The summed E-state index contributed by atoms with van der Waals surface area (Å²) in [6.45, 7) is 4.16. The van der Waals surface area contributed by atoms with Crippen LogP contribution in [0.15, 0.2) is 0 Å². The lowest BCUT2D eigenvalue weighted by molar-refractivity contribution is -0.148. The van der Waals surface area contributed by atoms with Gasteiger partial charge >= 0.3 is 12.0 Å². The molecule has 21 heavy (non-hydrogen) atoms. The summed E-state index contributed by atoms with van der Waals surface area (Å²) in [5, 5.41) is 12.3. The van der Waals surface area contributed by atoms with E-state index in [4.69, 9.17) is 4.74 Å². The quantitative estimate of drug-likeness (QED) is 0.670. The second-order valence-corrected chi connectivity index (χ2v) is 6.09. The average Bonchev–Trinajstić information content (AvgIpc) is 3.17. The third-order valence-electron chi connectivity index (χ3n) is 4.37. The van der Waals surface area contributed by atoms with Gasteiger partial charge in [0.15, 0.2) is 0 Å². The second-order valence-electron chi connectivity index (χ2n) is 6.09. The molecular formula is C15H26N2O4. The van der Waals surface area contributed by atoms with Crippen molar-refractivity contribution in [3.05, 3.63) is 0 Å². The highest BCUT2D eigenvalue weighted by molar-refractivity contribution is 5.87. The number of carbonyl (C=O) groups is 2. The standard InChI is InChI=1S/C15H26N2O4/c1-2-6-15(13(18)19)7-3-9-17(15)14(20)16-8-10-21-11-12-4-5-12/h12H,2-11H2,1H3,(H,16,20)(H,18,19). The molecule has 0 radical (unpaired) electrons. The van der Waals surface area contributed by atoms with Crippen LogP contribution in [0.5, 0.6) is 0 Å². The number of nitrogens with one attached hydrogen (secondary N) is 1. The Kier molecular flexibility index (Phi) is 5.45. The number of aliphatic carboxylic acids is 1. The van der Waals surface area contributed by atoms with Crippen LogP contribution in [0.3, 0.4) is 0 Å². The molecule has 1 saturated heterocycles. The smallest absolute Gasteiger partial charge is 0.329 e. The Morgan fingerprint density at radius 1 is 1.43 bits per heavy atom. The first-order chi connectivity index (χ1) is 10.1. The zero-order valence-corrected chi connectivity index (χ0v) is 12.8. The van der Waals surface area contributed by atoms with Crippen molar-refractivity contribution in [1.29, 1.82) is 0 Å². The van der Waals surface area contributed by atoms with Crippen LogP contribution in [0.25, 0.3) is 0 Å². The lowest BCUT2D eigenvalue weighted by Crippen LogP contribution is -2.56. The van der Waals surface area contributed by atoms with E-state index in [2.05, 4.69) is 5.32 Å². The second kappa shape index (κ2) is 7.11. The molecule has 0 spiro atoms. The third kappa shape index (κ3) is 3.87. The first-order valence-corrected chi connectivity index (χ1v) is 7.97. The summed E-state index contributed by atoms with van der Waals surface area (Å²) in [5.41, 5.74) is -1.02. The number of carboxylic acid groups (broad SMARTS) is 1. The summed E-state index contributed by atoms with van der Waals surface area (Å²) >= 11 is 0. The SMILES string of the molecule is CCCC1(C(=O)O)CCCN1C(=O)NCCOCC1CC1. The molecule has 2 rings (SSSR count). The molecule has 0 aromatic heterocycles. The Hall–Kier alpha value is -1.30. The fourth-order valence-corrected chi connectivity index (χ4v) is 3.04. The molecule has 2 aliphatic rings. The van der Waals surface area contributed by atoms with Crippen LogP contribution >= 0.6 is 0 Å². The molecule has 0 aromatic carbocycles. The average molecular weight is 298 g/mol. The van der Waals surface area contributed by atoms with Gasteiger partial charge in [-0.05, 0) is 38.0 Å². The van der Waals surface area contributed by atoms with Crippen LogP contribution in [0, 0.1) is 5.92 Å². The van der Waals surface area contributed by atoms with Crippen molar-refractivity contribution >= 4 is 12.0 Å². The van der Waals surface area contributed by atoms with Crippen molar-refractivity contribution in [2.24, 2.45) is 5.92 Å². The van der Waals surface area contributed by atoms with Gasteiger partial charge in [-0.15, -0.1) is 0 Å². The van der Waals surface area contributed by atoms with Crippen LogP contribution in [0.2, 0.25) is 0 Å². The Morgan fingerprint density at radius 3 is 2.81 bits per heavy atom. The number of urea groups is 1. The van der Waals surface area contributed by atoms with E-state index in [-0.39, 0.29) is 6.03 Å². The minimum Gasteiger partial charge on any atom is -0.479 e. The van der Waals surface area contributed by atoms with Crippen molar-refractivity contribution in [2.45, 2.75) is 51.0 Å². The molecule has 6 heteroatoms. The zero-order chi connectivity index (χ0) is 15.3. The van der Waals surface area contributed by atoms with Crippen LogP contribution in [0.1, 0.15) is 45.4 Å². The van der Waals surface area contributed by atoms with Gasteiger partial charge in [-0.3, -0.25) is 0 Å². The van der Waals surface area contributed by atoms with Gasteiger partial charge in [-0.2, -0.15) is 0 Å². The molecule has 1 saturated carbocycles. The molecular weight excluding hydrogens is 272 g/mol. The summed E-state index contributed by atoms with van der Waals surface area (Å²) in [6, 6.07) is -0.279. The highest BCUT2D eigenvalue weighted by atomic mass is 16.5. The molecule has 0 aromatic rings. The van der Waals surface area contributed by atoms with E-state index in [0.29, 0.717) is 38.5 Å². The van der Waals surface area contributed by atoms with Gasteiger partial charge in [-0.25, -0.2) is 9.59 Å². The number of nitrogens with zero attached hydrogens (tertiary/aromatic N) is 1. The number of hydrogen-bond acceptors (Lipinski definition) is 3. The normalized spacial score (nSPS) is 25.1. The van der Waals surface area contributed by atoms with Crippen LogP contribution in [0.4, 0.5) is 4.79 Å². The molecule has 2 N–H and O–H groups in total. The van der Waals surface area contributed by atoms with E-state index in [1.54, 1.807) is 0 Å². The molecule has 1 unspecified atom stereocenters. The lowest BCUT2D eigenvalue weighted by atomic mass is 9.91. The van der Waals surface area contributed by atoms with Gasteiger partial charge in [0.1, 0.15) is 5.54 Å². The van der Waals surface area contributed by atoms with E-state index >= 15 is 0 Å². The first-order valence-electron chi connectivity index (χ1n) is 7.97. The molecule has 1 aliphatic heterocycles. The largest absolute Gasteiger partial charge is 0.479 e. The van der Waals surface area contributed by atoms with Gasteiger partial charge in [0.25, 0.3) is 0 Å². The van der Waals surface area contributed by atoms with E-state index in [9.17, 15) is 14.7 Å². The molecule has 1 heterocycles. The van der Waals surface area contributed by atoms with Crippen molar-refractivity contribution in [1.82, 2.24) is 10.2 Å². The van der Waals surface area contributed by atoms with E-state index in [1.165, 1.54) is 17.7 Å². The molecule has 6 nitrogen and oxygen atoms in total. The number of likely N-dealkylation sites (tertiary alicyclic amines) is 1. The highest BCUT2D eigenvalue weighted by Gasteiger charge is 2.49. The first kappa shape index (κ1) is 16.1. The van der Waals surface area contributed by atoms with E-state index < -0.39 is 11.5 Å². The number of carbonyl (C=O) groups excluding carboxylic acids is 1. The Labute approximate surface area is 125 Å². The number of hydrogen-bond donors (Lipinski definition) is 2. The fourth-order valence-electron chi connectivity index (χ4n) is 3.04. The van der Waals surface area contributed by atoms with Gasteiger partial charge in [0.2, 0.25) is 0 Å². The zero-order valence-electron chi connectivity index (χ0n) is 12.8. The van der Waals surface area contributed by atoms with Crippen molar-refractivity contribution in [3.63, 3.8) is 0 Å². The van der Waals surface area contributed by atoms with Gasteiger partial charge in [0.05, 0.1) is 6.61 Å². The molecule has 2 fully saturated rings. The van der Waals surface area contributed by atoms with Gasteiger partial charge < -0.3 is 20.1 Å². The van der Waals surface area contributed by atoms with E-state index in [1.807, 2.05) is 6.92 Å². The summed E-state index contributed by atoms with van der Waals surface area (Å²) in [5.74, 6) is -0.175. The van der Waals surface area contributed by atoms with Crippen molar-refractivity contribution in [3.8, 4) is 0 Å². The predicted molar refractivity (Wildman–Crippen MR) is 78.2 cm³/mol. The predicted octanol–water partition coefficient (Wildman–Crippen LogP) is 1.84. The van der Waals surface area contributed by atoms with Crippen LogP contribution in [-0.4, -0.2) is 53.8 Å². The van der Waals surface area contributed by atoms with Gasteiger partial charge in [-0.1, -0.05) is 13.3 Å². The van der Waals surface area contributed by atoms with Crippen molar-refractivity contribution < 1.29 is 19.4 Å². The number of ether oxygens (including phenoxy) is 1. The number of carboxylic acids is 1. The minimum atomic E-state index is -1.02. The Morgan fingerprint density at radius 2 is 2.19 bits per heavy atom. The molecule has 0 bridgehead atoms. The molecule has 1 atom stereocenters. The van der Waals surface area contributed by atoms with Crippen LogP contribution < -0.4 is 5.32 Å². The molecule has 120 valence electrons.